The number of hydrogen-bond donors (Lipinski definition) is 0. The van der Waals surface area contributed by atoms with Crippen LogP contribution in [0.3, 0.4) is 0 Å². The molecule has 0 saturated carbocycles. The number of nitrogens with zero attached hydrogens (tertiary/aromatic N) is 2. The number of aromatic nitrogens is 1. The van der Waals surface area contributed by atoms with Crippen LogP contribution >= 0.6 is 0 Å². The predicted molar refractivity (Wildman–Crippen MR) is 250 cm³/mol. The summed E-state index contributed by atoms with van der Waals surface area (Å²) in [6.07, 6.45) is 57.9. The highest BCUT2D eigenvalue weighted by atomic mass is 16.7. The Morgan fingerprint density at radius 2 is 1.11 bits per heavy atom. The van der Waals surface area contributed by atoms with Crippen molar-refractivity contribution in [2.75, 3.05) is 20.2 Å². The minimum absolute atomic E-state index is 0.113. The van der Waals surface area contributed by atoms with Crippen molar-refractivity contribution in [3.05, 3.63) is 78.7 Å². The minimum atomic E-state index is -0.372. The van der Waals surface area contributed by atoms with E-state index in [0.717, 1.165) is 51.7 Å². The summed E-state index contributed by atoms with van der Waals surface area (Å²) in [5, 5.41) is 0. The highest BCUT2D eigenvalue weighted by Crippen LogP contribution is 2.36. The highest BCUT2D eigenvalue weighted by Gasteiger charge is 2.40. The molecular weight excluding hydrogens is 697 g/mol. The summed E-state index contributed by atoms with van der Waals surface area (Å²) >= 11 is 0. The quantitative estimate of drug-likeness (QED) is 0.0497. The minimum Gasteiger partial charge on any atom is -0.347 e. The van der Waals surface area contributed by atoms with Crippen molar-refractivity contribution in [3.63, 3.8) is 0 Å². The lowest BCUT2D eigenvalue weighted by atomic mass is 9.79. The van der Waals surface area contributed by atoms with E-state index < -0.39 is 0 Å². The fourth-order valence-electron chi connectivity index (χ4n) is 8.29. The molecule has 57 heavy (non-hydrogen) atoms. The van der Waals surface area contributed by atoms with Gasteiger partial charge < -0.3 is 14.4 Å². The summed E-state index contributed by atoms with van der Waals surface area (Å²) < 4.78 is 13.6. The molecule has 2 heterocycles. The van der Waals surface area contributed by atoms with Gasteiger partial charge in [0.1, 0.15) is 0 Å². The Morgan fingerprint density at radius 3 is 1.58 bits per heavy atom. The van der Waals surface area contributed by atoms with Crippen LogP contribution in [-0.2, 0) is 14.9 Å². The van der Waals surface area contributed by atoms with Crippen LogP contribution < -0.4 is 0 Å². The zero-order chi connectivity index (χ0) is 41.1. The molecule has 1 fully saturated rings. The molecule has 0 spiro atoms. The van der Waals surface area contributed by atoms with E-state index in [1.165, 1.54) is 147 Å². The number of allylic oxidation sites excluding steroid dienone is 8. The average Bonchev–Trinajstić information content (AvgIpc) is 3.62. The molecule has 326 valence electrons. The molecule has 1 saturated heterocycles. The average molecular weight is 789 g/mol. The van der Waals surface area contributed by atoms with Crippen LogP contribution in [0.4, 0.5) is 0 Å². The number of ether oxygens (including phenoxy) is 2. The molecule has 0 N–H and O–H groups in total. The Morgan fingerprint density at radius 1 is 0.667 bits per heavy atom. The van der Waals surface area contributed by atoms with E-state index in [0.29, 0.717) is 6.04 Å². The SMILES string of the molecule is CCCCC/C=C\C/C=C\CCCCCCCCC1(CCCCCCCC/C=C\C/C=C\CCCCC)OCC(CCN(C)C(C)CC(C)(C)c2ccncc2)O1. The largest absolute Gasteiger partial charge is 0.347 e. The van der Waals surface area contributed by atoms with Crippen molar-refractivity contribution in [2.24, 2.45) is 0 Å². The number of hydrogen-bond acceptors (Lipinski definition) is 4. The number of unbranched alkanes of at least 4 members (excludes halogenated alkanes) is 18. The van der Waals surface area contributed by atoms with Gasteiger partial charge in [0, 0.05) is 37.8 Å². The van der Waals surface area contributed by atoms with Gasteiger partial charge in [-0.1, -0.05) is 153 Å². The molecule has 2 unspecified atom stereocenters. The van der Waals surface area contributed by atoms with Gasteiger partial charge >= 0.3 is 0 Å². The van der Waals surface area contributed by atoms with Crippen molar-refractivity contribution in [3.8, 4) is 0 Å². The first kappa shape index (κ1) is 51.1. The second kappa shape index (κ2) is 33.8. The molecule has 0 aliphatic carbocycles. The van der Waals surface area contributed by atoms with Gasteiger partial charge in [0.05, 0.1) is 12.7 Å². The standard InChI is InChI=1S/C53H92N2O2/c1-7-9-11-13-15-17-19-21-23-25-27-29-31-33-35-37-42-53(43-38-36-34-32-30-28-26-24-22-20-18-16-14-12-10-8-2)56-48-51(57-53)41-46-55(6)49(3)47-52(4,5)50-39-44-54-45-40-50/h15-18,21-24,39-40,44-45,49,51H,7-14,19-20,25-38,41-43,46-48H2,1-6H3/b17-15-,18-16-,23-21-,24-22-. The van der Waals surface area contributed by atoms with Crippen LogP contribution in [0.1, 0.15) is 220 Å². The van der Waals surface area contributed by atoms with Crippen LogP contribution in [0.15, 0.2) is 73.1 Å². The lowest BCUT2D eigenvalue weighted by Crippen LogP contribution is -2.37. The third-order valence-corrected chi connectivity index (χ3v) is 12.3. The summed E-state index contributed by atoms with van der Waals surface area (Å²) in [6, 6.07) is 4.82. The predicted octanol–water partition coefficient (Wildman–Crippen LogP) is 16.0. The molecule has 0 bridgehead atoms. The Hall–Kier alpha value is -2.01. The van der Waals surface area contributed by atoms with Gasteiger partial charge in [0.25, 0.3) is 0 Å². The first-order valence-electron chi connectivity index (χ1n) is 24.3. The molecule has 1 aliphatic rings. The lowest BCUT2D eigenvalue weighted by molar-refractivity contribution is -0.180. The smallest absolute Gasteiger partial charge is 0.168 e. The Labute approximate surface area is 354 Å². The van der Waals surface area contributed by atoms with Crippen molar-refractivity contribution in [2.45, 2.75) is 238 Å². The second-order valence-corrected chi connectivity index (χ2v) is 18.1. The van der Waals surface area contributed by atoms with Crippen molar-refractivity contribution >= 4 is 0 Å². The summed E-state index contributed by atoms with van der Waals surface area (Å²) in [5.41, 5.74) is 1.48. The summed E-state index contributed by atoms with van der Waals surface area (Å²) in [5.74, 6) is -0.372. The van der Waals surface area contributed by atoms with Crippen LogP contribution in [0.5, 0.6) is 0 Å². The van der Waals surface area contributed by atoms with Gasteiger partial charge in [-0.25, -0.2) is 0 Å². The summed E-state index contributed by atoms with van der Waals surface area (Å²) in [7, 11) is 2.28. The Bertz CT molecular complexity index is 1120. The van der Waals surface area contributed by atoms with E-state index in [2.05, 4.69) is 112 Å². The molecule has 2 atom stereocenters. The maximum atomic E-state index is 6.92. The van der Waals surface area contributed by atoms with Crippen molar-refractivity contribution in [1.82, 2.24) is 9.88 Å². The molecule has 0 amide bonds. The van der Waals surface area contributed by atoms with E-state index in [1.54, 1.807) is 0 Å². The second-order valence-electron chi connectivity index (χ2n) is 18.1. The van der Waals surface area contributed by atoms with Gasteiger partial charge in [-0.2, -0.15) is 0 Å². The number of rotatable bonds is 37. The molecular formula is C53H92N2O2. The third-order valence-electron chi connectivity index (χ3n) is 12.3. The number of pyridine rings is 1. The van der Waals surface area contributed by atoms with Crippen LogP contribution in [0.25, 0.3) is 0 Å². The van der Waals surface area contributed by atoms with Gasteiger partial charge in [-0.3, -0.25) is 4.98 Å². The van der Waals surface area contributed by atoms with Gasteiger partial charge in [-0.05, 0) is 127 Å². The molecule has 1 aliphatic heterocycles. The first-order chi connectivity index (χ1) is 27.8. The fraction of sp³-hybridized carbons (Fsp3) is 0.755. The molecule has 2 rings (SSSR count). The first-order valence-corrected chi connectivity index (χ1v) is 24.3. The van der Waals surface area contributed by atoms with Crippen LogP contribution in [0, 0.1) is 0 Å². The van der Waals surface area contributed by atoms with Gasteiger partial charge in [0.15, 0.2) is 5.79 Å². The molecule has 1 aromatic heterocycles. The lowest BCUT2D eigenvalue weighted by Gasteiger charge is -2.34. The maximum Gasteiger partial charge on any atom is 0.168 e. The zero-order valence-electron chi connectivity index (χ0n) is 38.5. The highest BCUT2D eigenvalue weighted by molar-refractivity contribution is 5.20. The van der Waals surface area contributed by atoms with Crippen LogP contribution in [-0.4, -0.2) is 48.0 Å². The van der Waals surface area contributed by atoms with E-state index in [4.69, 9.17) is 9.47 Å². The van der Waals surface area contributed by atoms with E-state index >= 15 is 0 Å². The maximum absolute atomic E-state index is 6.92. The topological polar surface area (TPSA) is 34.6 Å². The zero-order valence-corrected chi connectivity index (χ0v) is 38.5. The molecule has 1 aromatic rings. The van der Waals surface area contributed by atoms with Crippen molar-refractivity contribution in [1.29, 1.82) is 0 Å². The molecule has 4 nitrogen and oxygen atoms in total. The van der Waals surface area contributed by atoms with E-state index in [1.807, 2.05) is 12.4 Å². The molecule has 0 aromatic carbocycles. The summed E-state index contributed by atoms with van der Waals surface area (Å²) in [6.45, 7) is 13.4. The monoisotopic (exact) mass is 789 g/mol. The van der Waals surface area contributed by atoms with Crippen molar-refractivity contribution < 1.29 is 9.47 Å². The third kappa shape index (κ3) is 26.0. The Kier molecular flexibility index (Phi) is 30.3. The van der Waals surface area contributed by atoms with Crippen LogP contribution in [0.2, 0.25) is 0 Å². The molecule has 0 radical (unpaired) electrons. The molecule has 4 heteroatoms. The van der Waals surface area contributed by atoms with E-state index in [-0.39, 0.29) is 17.3 Å². The van der Waals surface area contributed by atoms with E-state index in [9.17, 15) is 0 Å². The van der Waals surface area contributed by atoms with Gasteiger partial charge in [0.2, 0.25) is 0 Å². The normalized spacial score (nSPS) is 16.8. The Balaban J connectivity index is 1.71. The summed E-state index contributed by atoms with van der Waals surface area (Å²) in [4.78, 5) is 6.76. The van der Waals surface area contributed by atoms with Gasteiger partial charge in [-0.15, -0.1) is 0 Å². The fourth-order valence-corrected chi connectivity index (χ4v) is 8.29.